The molecule has 3 amide bonds. The summed E-state index contributed by atoms with van der Waals surface area (Å²) in [7, 11) is 0. The molecule has 0 saturated carbocycles. The van der Waals surface area contributed by atoms with E-state index in [1.54, 1.807) is 4.90 Å². The summed E-state index contributed by atoms with van der Waals surface area (Å²) in [4.78, 5) is 24.8. The second-order valence-electron chi connectivity index (χ2n) is 5.42. The Morgan fingerprint density at radius 2 is 2.38 bits per heavy atom. The lowest BCUT2D eigenvalue weighted by molar-refractivity contribution is -0.119. The number of carbonyl (C=O) groups excluding carboxylic acids is 2. The summed E-state index contributed by atoms with van der Waals surface area (Å²) in [6, 6.07) is 1.70. The maximum absolute atomic E-state index is 12.1. The van der Waals surface area contributed by atoms with Crippen LogP contribution >= 0.6 is 0 Å². The lowest BCUT2D eigenvalue weighted by Gasteiger charge is -2.32. The number of aryl methyl sites for hydroxylation is 1. The molecule has 7 nitrogen and oxygen atoms in total. The molecule has 0 spiro atoms. The molecule has 0 bridgehead atoms. The Balaban J connectivity index is 1.80. The van der Waals surface area contributed by atoms with E-state index in [4.69, 9.17) is 10.3 Å². The van der Waals surface area contributed by atoms with E-state index in [1.165, 1.54) is 0 Å². The first-order valence-electron chi connectivity index (χ1n) is 7.34. The van der Waals surface area contributed by atoms with Crippen molar-refractivity contribution in [1.29, 1.82) is 0 Å². The van der Waals surface area contributed by atoms with Gasteiger partial charge in [-0.05, 0) is 25.2 Å². The van der Waals surface area contributed by atoms with Gasteiger partial charge in [-0.2, -0.15) is 0 Å². The molecule has 1 saturated heterocycles. The third kappa shape index (κ3) is 4.47. The SMILES string of the molecule is CCc1cc(CNC(=O)N2CCC[C@H](CC(N)=O)C2)on1. The highest BCUT2D eigenvalue weighted by Gasteiger charge is 2.24. The van der Waals surface area contributed by atoms with Crippen LogP contribution in [-0.4, -0.2) is 35.1 Å². The molecule has 2 rings (SSSR count). The van der Waals surface area contributed by atoms with Crippen LogP contribution in [0.15, 0.2) is 10.6 Å². The van der Waals surface area contributed by atoms with Gasteiger partial charge in [0, 0.05) is 25.6 Å². The van der Waals surface area contributed by atoms with Crippen molar-refractivity contribution in [2.24, 2.45) is 11.7 Å². The number of urea groups is 1. The molecular weight excluding hydrogens is 272 g/mol. The third-order valence-corrected chi connectivity index (χ3v) is 3.68. The summed E-state index contributed by atoms with van der Waals surface area (Å²) in [5, 5.41) is 6.70. The zero-order valence-corrected chi connectivity index (χ0v) is 12.3. The minimum atomic E-state index is -0.309. The van der Waals surface area contributed by atoms with Gasteiger partial charge in [0.1, 0.15) is 0 Å². The van der Waals surface area contributed by atoms with Gasteiger partial charge in [0.15, 0.2) is 5.76 Å². The van der Waals surface area contributed by atoms with E-state index >= 15 is 0 Å². The first-order valence-corrected chi connectivity index (χ1v) is 7.34. The van der Waals surface area contributed by atoms with E-state index in [-0.39, 0.29) is 17.9 Å². The predicted molar refractivity (Wildman–Crippen MR) is 76.2 cm³/mol. The highest BCUT2D eigenvalue weighted by atomic mass is 16.5. The van der Waals surface area contributed by atoms with Gasteiger partial charge in [-0.3, -0.25) is 4.79 Å². The molecule has 1 aromatic rings. The van der Waals surface area contributed by atoms with Gasteiger partial charge >= 0.3 is 6.03 Å². The van der Waals surface area contributed by atoms with Crippen molar-refractivity contribution in [2.45, 2.75) is 39.2 Å². The quantitative estimate of drug-likeness (QED) is 0.847. The molecule has 7 heteroatoms. The number of likely N-dealkylation sites (tertiary alicyclic amines) is 1. The fourth-order valence-electron chi connectivity index (χ4n) is 2.58. The lowest BCUT2D eigenvalue weighted by Crippen LogP contribution is -2.45. The summed E-state index contributed by atoms with van der Waals surface area (Å²) in [5.41, 5.74) is 6.09. The Kier molecular flexibility index (Phi) is 5.19. The minimum absolute atomic E-state index is 0.140. The number of aromatic nitrogens is 1. The number of hydrogen-bond acceptors (Lipinski definition) is 4. The number of nitrogens with two attached hydrogens (primary N) is 1. The lowest BCUT2D eigenvalue weighted by atomic mass is 9.95. The Labute approximate surface area is 123 Å². The van der Waals surface area contributed by atoms with E-state index in [0.717, 1.165) is 25.0 Å². The molecule has 0 unspecified atom stereocenters. The number of primary amides is 1. The van der Waals surface area contributed by atoms with E-state index in [1.807, 2.05) is 13.0 Å². The molecule has 1 fully saturated rings. The number of nitrogens with zero attached hydrogens (tertiary/aromatic N) is 2. The first kappa shape index (κ1) is 15.3. The van der Waals surface area contributed by atoms with Crippen molar-refractivity contribution < 1.29 is 14.1 Å². The third-order valence-electron chi connectivity index (χ3n) is 3.68. The van der Waals surface area contributed by atoms with Crippen LogP contribution in [0.5, 0.6) is 0 Å². The number of nitrogens with one attached hydrogen (secondary N) is 1. The van der Waals surface area contributed by atoms with Crippen LogP contribution in [0.3, 0.4) is 0 Å². The summed E-state index contributed by atoms with van der Waals surface area (Å²) < 4.78 is 5.12. The van der Waals surface area contributed by atoms with Gasteiger partial charge in [0.25, 0.3) is 0 Å². The molecule has 0 aliphatic carbocycles. The summed E-state index contributed by atoms with van der Waals surface area (Å²) in [6.45, 7) is 3.60. The van der Waals surface area contributed by atoms with E-state index in [0.29, 0.717) is 31.8 Å². The van der Waals surface area contributed by atoms with Crippen LogP contribution in [0, 0.1) is 5.92 Å². The number of amides is 3. The average molecular weight is 294 g/mol. The first-order chi connectivity index (χ1) is 10.1. The van der Waals surface area contributed by atoms with Crippen molar-refractivity contribution in [3.63, 3.8) is 0 Å². The van der Waals surface area contributed by atoms with Crippen molar-refractivity contribution >= 4 is 11.9 Å². The maximum Gasteiger partial charge on any atom is 0.317 e. The van der Waals surface area contributed by atoms with Gasteiger partial charge in [-0.1, -0.05) is 12.1 Å². The zero-order valence-electron chi connectivity index (χ0n) is 12.3. The highest BCUT2D eigenvalue weighted by Crippen LogP contribution is 2.19. The minimum Gasteiger partial charge on any atom is -0.370 e. The Hall–Kier alpha value is -2.05. The monoisotopic (exact) mass is 294 g/mol. The molecule has 116 valence electrons. The Morgan fingerprint density at radius 1 is 1.57 bits per heavy atom. The number of hydrogen-bond donors (Lipinski definition) is 2. The largest absolute Gasteiger partial charge is 0.370 e. The normalized spacial score (nSPS) is 18.5. The summed E-state index contributed by atoms with van der Waals surface area (Å²) in [5.74, 6) is 0.501. The van der Waals surface area contributed by atoms with Crippen LogP contribution in [0.25, 0.3) is 0 Å². The van der Waals surface area contributed by atoms with E-state index < -0.39 is 0 Å². The van der Waals surface area contributed by atoms with Crippen LogP contribution in [0.4, 0.5) is 4.79 Å². The van der Waals surface area contributed by atoms with Gasteiger partial charge in [0.05, 0.1) is 12.2 Å². The van der Waals surface area contributed by atoms with Gasteiger partial charge in [-0.25, -0.2) is 4.79 Å². The zero-order chi connectivity index (χ0) is 15.2. The highest BCUT2D eigenvalue weighted by molar-refractivity contribution is 5.75. The molecular formula is C14H22N4O3. The standard InChI is InChI=1S/C14H22N4O3/c1-2-11-7-12(21-17-11)8-16-14(20)18-5-3-4-10(9-18)6-13(15)19/h7,10H,2-6,8-9H2,1H3,(H2,15,19)(H,16,20)/t10-/m1/s1. The van der Waals surface area contributed by atoms with Gasteiger partial charge in [-0.15, -0.1) is 0 Å². The van der Waals surface area contributed by atoms with Crippen LogP contribution in [0.1, 0.15) is 37.6 Å². The summed E-state index contributed by atoms with van der Waals surface area (Å²) in [6.07, 6.45) is 2.98. The molecule has 21 heavy (non-hydrogen) atoms. The molecule has 1 aliphatic heterocycles. The van der Waals surface area contributed by atoms with Crippen molar-refractivity contribution in [3.05, 3.63) is 17.5 Å². The summed E-state index contributed by atoms with van der Waals surface area (Å²) >= 11 is 0. The van der Waals surface area contributed by atoms with Crippen LogP contribution < -0.4 is 11.1 Å². The molecule has 3 N–H and O–H groups in total. The van der Waals surface area contributed by atoms with E-state index in [2.05, 4.69) is 10.5 Å². The Bertz CT molecular complexity index is 500. The van der Waals surface area contributed by atoms with Crippen molar-refractivity contribution in [1.82, 2.24) is 15.4 Å². The number of carbonyl (C=O) groups is 2. The van der Waals surface area contributed by atoms with Gasteiger partial charge in [0.2, 0.25) is 5.91 Å². The molecule has 2 heterocycles. The molecule has 0 aromatic carbocycles. The molecule has 1 aromatic heterocycles. The predicted octanol–water partition coefficient (Wildman–Crippen LogP) is 1.03. The Morgan fingerprint density at radius 3 is 3.05 bits per heavy atom. The topological polar surface area (TPSA) is 101 Å². The fraction of sp³-hybridized carbons (Fsp3) is 0.643. The molecule has 1 aliphatic rings. The smallest absolute Gasteiger partial charge is 0.317 e. The van der Waals surface area contributed by atoms with Crippen LogP contribution in [-0.2, 0) is 17.8 Å². The fourth-order valence-corrected chi connectivity index (χ4v) is 2.58. The maximum atomic E-state index is 12.1. The molecule has 0 radical (unpaired) electrons. The van der Waals surface area contributed by atoms with Crippen LogP contribution in [0.2, 0.25) is 0 Å². The van der Waals surface area contributed by atoms with Gasteiger partial charge < -0.3 is 20.5 Å². The number of rotatable bonds is 5. The van der Waals surface area contributed by atoms with Crippen molar-refractivity contribution in [2.75, 3.05) is 13.1 Å². The second-order valence-corrected chi connectivity index (χ2v) is 5.42. The van der Waals surface area contributed by atoms with Crippen molar-refractivity contribution in [3.8, 4) is 0 Å². The molecule has 1 atom stereocenters. The number of piperidine rings is 1. The second kappa shape index (κ2) is 7.10. The van der Waals surface area contributed by atoms with E-state index in [9.17, 15) is 9.59 Å². The average Bonchev–Trinajstić information content (AvgIpc) is 2.92.